The first-order chi connectivity index (χ1) is 14.3. The first-order valence-electron chi connectivity index (χ1n) is 10.1. The highest BCUT2D eigenvalue weighted by Gasteiger charge is 2.25. The number of nitro benzene ring substituents is 1. The van der Waals surface area contributed by atoms with Crippen LogP contribution in [0.2, 0.25) is 0 Å². The van der Waals surface area contributed by atoms with Crippen molar-refractivity contribution in [3.05, 3.63) is 62.7 Å². The molecule has 0 aliphatic heterocycles. The normalized spacial score (nSPS) is 14.9. The minimum atomic E-state index is -3.84. The van der Waals surface area contributed by atoms with E-state index in [4.69, 9.17) is 0 Å². The number of carbonyl (C=O) groups excluding carboxylic acids is 1. The molecule has 9 heteroatoms. The van der Waals surface area contributed by atoms with Crippen molar-refractivity contribution in [1.29, 1.82) is 0 Å². The zero-order valence-corrected chi connectivity index (χ0v) is 17.3. The van der Waals surface area contributed by atoms with Gasteiger partial charge in [-0.15, -0.1) is 0 Å². The number of nitro groups is 1. The van der Waals surface area contributed by atoms with Crippen molar-refractivity contribution < 1.29 is 18.1 Å². The number of benzene rings is 2. The summed E-state index contributed by atoms with van der Waals surface area (Å²) in [6.07, 6.45) is 6.20. The van der Waals surface area contributed by atoms with Gasteiger partial charge in [-0.2, -0.15) is 0 Å². The third-order valence-corrected chi connectivity index (χ3v) is 7.22. The number of anilines is 1. The zero-order valence-electron chi connectivity index (χ0n) is 16.4. The van der Waals surface area contributed by atoms with E-state index >= 15 is 0 Å². The summed E-state index contributed by atoms with van der Waals surface area (Å²) in [4.78, 5) is 22.6. The highest BCUT2D eigenvalue weighted by Crippen LogP contribution is 2.38. The van der Waals surface area contributed by atoms with Crippen molar-refractivity contribution in [2.45, 2.75) is 49.8 Å². The van der Waals surface area contributed by atoms with Crippen molar-refractivity contribution in [2.75, 3.05) is 11.9 Å². The molecule has 158 valence electrons. The van der Waals surface area contributed by atoms with Crippen LogP contribution < -0.4 is 10.0 Å². The number of amides is 1. The van der Waals surface area contributed by atoms with Gasteiger partial charge in [0, 0.05) is 30.8 Å². The van der Waals surface area contributed by atoms with E-state index in [-0.39, 0.29) is 29.5 Å². The van der Waals surface area contributed by atoms with Gasteiger partial charge in [0.1, 0.15) is 0 Å². The molecule has 0 atom stereocenters. The van der Waals surface area contributed by atoms with Crippen LogP contribution in [0, 0.1) is 10.1 Å². The van der Waals surface area contributed by atoms with Crippen LogP contribution in [0.5, 0.6) is 0 Å². The standard InChI is InChI=1S/C21H23N3O5S/c25-20(11-12-22-30(28,29)17-9-7-16(8-10-17)24(26)27)23-21-18-5-1-3-14(18)13-15-4-2-6-19(15)21/h7-10,13,22H,1-6,11-12H2,(H,23,25). The Balaban J connectivity index is 1.39. The summed E-state index contributed by atoms with van der Waals surface area (Å²) in [5, 5.41) is 13.7. The number of hydrogen-bond acceptors (Lipinski definition) is 5. The Morgan fingerprint density at radius 3 is 2.17 bits per heavy atom. The van der Waals surface area contributed by atoms with Gasteiger partial charge < -0.3 is 5.32 Å². The minimum absolute atomic E-state index is 0.00462. The quantitative estimate of drug-likeness (QED) is 0.518. The second kappa shape index (κ2) is 8.16. The van der Waals surface area contributed by atoms with E-state index in [1.807, 2.05) is 0 Å². The lowest BCUT2D eigenvalue weighted by Gasteiger charge is -2.16. The van der Waals surface area contributed by atoms with Crippen molar-refractivity contribution in [2.24, 2.45) is 0 Å². The second-order valence-corrected chi connectivity index (χ2v) is 9.45. The molecule has 0 unspecified atom stereocenters. The van der Waals surface area contributed by atoms with Crippen LogP contribution in [-0.2, 0) is 40.5 Å². The number of hydrogen-bond donors (Lipinski definition) is 2. The van der Waals surface area contributed by atoms with Gasteiger partial charge in [-0.25, -0.2) is 13.1 Å². The van der Waals surface area contributed by atoms with Gasteiger partial charge in [-0.05, 0) is 72.9 Å². The fraction of sp³-hybridized carbons (Fsp3) is 0.381. The Morgan fingerprint density at radius 1 is 1.00 bits per heavy atom. The molecule has 0 fully saturated rings. The molecule has 2 aromatic rings. The summed E-state index contributed by atoms with van der Waals surface area (Å²) in [6.45, 7) is -0.0532. The molecule has 0 radical (unpaired) electrons. The third kappa shape index (κ3) is 4.08. The van der Waals surface area contributed by atoms with Crippen LogP contribution in [0.15, 0.2) is 35.2 Å². The molecule has 0 aromatic heterocycles. The fourth-order valence-electron chi connectivity index (χ4n) is 4.30. The van der Waals surface area contributed by atoms with E-state index in [9.17, 15) is 23.3 Å². The Hall–Kier alpha value is -2.78. The van der Waals surface area contributed by atoms with Crippen LogP contribution in [-0.4, -0.2) is 25.8 Å². The Morgan fingerprint density at radius 2 is 1.60 bits per heavy atom. The molecular weight excluding hydrogens is 406 g/mol. The molecule has 0 bridgehead atoms. The molecule has 2 aliphatic carbocycles. The van der Waals surface area contributed by atoms with Gasteiger partial charge in [0.15, 0.2) is 0 Å². The van der Waals surface area contributed by atoms with E-state index in [0.29, 0.717) is 0 Å². The van der Waals surface area contributed by atoms with E-state index < -0.39 is 14.9 Å². The highest BCUT2D eigenvalue weighted by atomic mass is 32.2. The molecular formula is C21H23N3O5S. The first-order valence-corrected chi connectivity index (χ1v) is 11.5. The number of non-ortho nitro benzene ring substituents is 1. The van der Waals surface area contributed by atoms with Crippen LogP contribution in [0.4, 0.5) is 11.4 Å². The first kappa shape index (κ1) is 20.5. The number of nitrogens with zero attached hydrogens (tertiary/aromatic N) is 1. The molecule has 2 aromatic carbocycles. The number of rotatable bonds is 7. The summed E-state index contributed by atoms with van der Waals surface area (Å²) in [5.41, 5.74) is 5.87. The van der Waals surface area contributed by atoms with Crippen LogP contribution >= 0.6 is 0 Å². The smallest absolute Gasteiger partial charge is 0.269 e. The van der Waals surface area contributed by atoms with Gasteiger partial charge in [0.25, 0.3) is 5.69 Å². The highest BCUT2D eigenvalue weighted by molar-refractivity contribution is 7.89. The van der Waals surface area contributed by atoms with Gasteiger partial charge in [0.2, 0.25) is 15.9 Å². The van der Waals surface area contributed by atoms with E-state index in [2.05, 4.69) is 16.1 Å². The van der Waals surface area contributed by atoms with Crippen molar-refractivity contribution in [1.82, 2.24) is 4.72 Å². The van der Waals surface area contributed by atoms with Crippen molar-refractivity contribution >= 4 is 27.3 Å². The molecule has 30 heavy (non-hydrogen) atoms. The number of sulfonamides is 1. The fourth-order valence-corrected chi connectivity index (χ4v) is 5.33. The van der Waals surface area contributed by atoms with E-state index in [1.165, 1.54) is 34.4 Å². The maximum atomic E-state index is 12.5. The lowest BCUT2D eigenvalue weighted by atomic mass is 9.98. The SMILES string of the molecule is O=C(CCNS(=O)(=O)c1ccc([N+](=O)[O-])cc1)Nc1c2c(cc3c1CCC3)CCC2. The van der Waals surface area contributed by atoms with Crippen LogP contribution in [0.1, 0.15) is 41.5 Å². The zero-order chi connectivity index (χ0) is 21.3. The Kier molecular flexibility index (Phi) is 5.57. The number of nitrogens with one attached hydrogen (secondary N) is 2. The van der Waals surface area contributed by atoms with Gasteiger partial charge in [0.05, 0.1) is 9.82 Å². The minimum Gasteiger partial charge on any atom is -0.326 e. The summed E-state index contributed by atoms with van der Waals surface area (Å²) >= 11 is 0. The average Bonchev–Trinajstić information content (AvgIpc) is 3.37. The molecule has 2 N–H and O–H groups in total. The molecule has 1 amide bonds. The molecule has 4 rings (SSSR count). The molecule has 8 nitrogen and oxygen atoms in total. The van der Waals surface area contributed by atoms with E-state index in [0.717, 1.165) is 56.3 Å². The lowest BCUT2D eigenvalue weighted by molar-refractivity contribution is -0.384. The lowest BCUT2D eigenvalue weighted by Crippen LogP contribution is -2.28. The predicted octanol–water partition coefficient (Wildman–Crippen LogP) is 2.88. The monoisotopic (exact) mass is 429 g/mol. The Bertz CT molecular complexity index is 1080. The number of aryl methyl sites for hydroxylation is 2. The summed E-state index contributed by atoms with van der Waals surface area (Å²) in [6, 6.07) is 6.92. The topological polar surface area (TPSA) is 118 Å². The molecule has 0 saturated carbocycles. The average molecular weight is 429 g/mol. The van der Waals surface area contributed by atoms with Crippen LogP contribution in [0.25, 0.3) is 0 Å². The van der Waals surface area contributed by atoms with Crippen molar-refractivity contribution in [3.8, 4) is 0 Å². The largest absolute Gasteiger partial charge is 0.326 e. The molecule has 0 heterocycles. The number of carbonyl (C=O) groups is 1. The van der Waals surface area contributed by atoms with Crippen molar-refractivity contribution in [3.63, 3.8) is 0 Å². The van der Waals surface area contributed by atoms with Gasteiger partial charge in [-0.3, -0.25) is 14.9 Å². The van der Waals surface area contributed by atoms with Gasteiger partial charge >= 0.3 is 0 Å². The second-order valence-electron chi connectivity index (χ2n) is 7.68. The van der Waals surface area contributed by atoms with E-state index in [1.54, 1.807) is 0 Å². The molecule has 0 saturated heterocycles. The maximum absolute atomic E-state index is 12.5. The molecule has 2 aliphatic rings. The maximum Gasteiger partial charge on any atom is 0.269 e. The summed E-state index contributed by atoms with van der Waals surface area (Å²) in [7, 11) is -3.84. The third-order valence-electron chi connectivity index (χ3n) is 5.74. The predicted molar refractivity (Wildman–Crippen MR) is 112 cm³/mol. The van der Waals surface area contributed by atoms with Gasteiger partial charge in [-0.1, -0.05) is 6.07 Å². The number of fused-ring (bicyclic) bond motifs is 2. The van der Waals surface area contributed by atoms with Crippen LogP contribution in [0.3, 0.4) is 0 Å². The summed E-state index contributed by atoms with van der Waals surface area (Å²) < 4.78 is 27.1. The molecule has 0 spiro atoms. The summed E-state index contributed by atoms with van der Waals surface area (Å²) in [5.74, 6) is -0.226. The Labute approximate surface area is 174 Å².